The molecule has 4 nitrogen and oxygen atoms in total. The average Bonchev–Trinajstić information content (AvgIpc) is 2.76. The Hall–Kier alpha value is -1.97. The molecule has 4 heteroatoms. The Bertz CT molecular complexity index is 586. The zero-order chi connectivity index (χ0) is 15.4. The SMILES string of the molecule is CCCc1c(O)c(CC(C)C)nn1-c1ccc(OC)cc1. The minimum atomic E-state index is 0.348. The maximum Gasteiger partial charge on any atom is 0.160 e. The van der Waals surface area contributed by atoms with Crippen LogP contribution in [0.2, 0.25) is 0 Å². The molecule has 114 valence electrons. The number of benzene rings is 1. The minimum Gasteiger partial charge on any atom is -0.504 e. The van der Waals surface area contributed by atoms with Crippen molar-refractivity contribution in [3.63, 3.8) is 0 Å². The van der Waals surface area contributed by atoms with Gasteiger partial charge in [-0.25, -0.2) is 4.68 Å². The third kappa shape index (κ3) is 3.38. The fourth-order valence-corrected chi connectivity index (χ4v) is 2.42. The fraction of sp³-hybridized carbons (Fsp3) is 0.471. The van der Waals surface area contributed by atoms with Gasteiger partial charge in [0, 0.05) is 0 Å². The lowest BCUT2D eigenvalue weighted by molar-refractivity contribution is 0.414. The number of aromatic nitrogens is 2. The van der Waals surface area contributed by atoms with Gasteiger partial charge in [-0.2, -0.15) is 5.10 Å². The third-order valence-electron chi connectivity index (χ3n) is 3.43. The van der Waals surface area contributed by atoms with Gasteiger partial charge < -0.3 is 9.84 Å². The molecule has 0 radical (unpaired) electrons. The predicted octanol–water partition coefficient (Wildman–Crippen LogP) is 3.74. The van der Waals surface area contributed by atoms with Crippen molar-refractivity contribution < 1.29 is 9.84 Å². The van der Waals surface area contributed by atoms with Gasteiger partial charge >= 0.3 is 0 Å². The summed E-state index contributed by atoms with van der Waals surface area (Å²) < 4.78 is 7.04. The van der Waals surface area contributed by atoms with Gasteiger partial charge in [-0.1, -0.05) is 27.2 Å². The number of ether oxygens (including phenoxy) is 1. The molecule has 21 heavy (non-hydrogen) atoms. The van der Waals surface area contributed by atoms with Gasteiger partial charge in [0.15, 0.2) is 5.75 Å². The smallest absolute Gasteiger partial charge is 0.160 e. The van der Waals surface area contributed by atoms with Crippen LogP contribution in [0.4, 0.5) is 0 Å². The van der Waals surface area contributed by atoms with Crippen molar-refractivity contribution in [3.05, 3.63) is 35.7 Å². The monoisotopic (exact) mass is 288 g/mol. The van der Waals surface area contributed by atoms with Gasteiger partial charge in [0.25, 0.3) is 0 Å². The van der Waals surface area contributed by atoms with Crippen LogP contribution >= 0.6 is 0 Å². The van der Waals surface area contributed by atoms with Gasteiger partial charge in [-0.15, -0.1) is 0 Å². The van der Waals surface area contributed by atoms with Crippen molar-refractivity contribution in [2.45, 2.75) is 40.0 Å². The molecule has 1 aromatic carbocycles. The maximum absolute atomic E-state index is 10.4. The van der Waals surface area contributed by atoms with Crippen LogP contribution in [0.3, 0.4) is 0 Å². The van der Waals surface area contributed by atoms with Crippen molar-refractivity contribution in [1.82, 2.24) is 9.78 Å². The molecule has 0 atom stereocenters. The Labute approximate surface area is 126 Å². The van der Waals surface area contributed by atoms with Crippen LogP contribution in [-0.4, -0.2) is 22.0 Å². The van der Waals surface area contributed by atoms with E-state index >= 15 is 0 Å². The Morgan fingerprint density at radius 2 is 1.90 bits per heavy atom. The Kier molecular flexibility index (Phi) is 4.89. The van der Waals surface area contributed by atoms with Gasteiger partial charge in [0.2, 0.25) is 0 Å². The third-order valence-corrected chi connectivity index (χ3v) is 3.43. The summed E-state index contributed by atoms with van der Waals surface area (Å²) in [6.07, 6.45) is 2.56. The summed E-state index contributed by atoms with van der Waals surface area (Å²) in [6, 6.07) is 7.74. The Morgan fingerprint density at radius 1 is 1.24 bits per heavy atom. The van der Waals surface area contributed by atoms with E-state index in [0.29, 0.717) is 11.7 Å². The predicted molar refractivity (Wildman–Crippen MR) is 84.3 cm³/mol. The van der Waals surface area contributed by atoms with Crippen LogP contribution in [-0.2, 0) is 12.8 Å². The highest BCUT2D eigenvalue weighted by Crippen LogP contribution is 2.28. The second kappa shape index (κ2) is 6.66. The van der Waals surface area contributed by atoms with E-state index in [4.69, 9.17) is 4.74 Å². The van der Waals surface area contributed by atoms with Crippen LogP contribution in [0.5, 0.6) is 11.5 Å². The molecule has 2 rings (SSSR count). The normalized spacial score (nSPS) is 11.1. The van der Waals surface area contributed by atoms with Crippen LogP contribution in [0.25, 0.3) is 5.69 Å². The van der Waals surface area contributed by atoms with Crippen molar-refractivity contribution >= 4 is 0 Å². The molecular formula is C17H24N2O2. The van der Waals surface area contributed by atoms with Crippen LogP contribution in [0.1, 0.15) is 38.6 Å². The highest BCUT2D eigenvalue weighted by Gasteiger charge is 2.18. The van der Waals surface area contributed by atoms with Crippen LogP contribution in [0, 0.1) is 5.92 Å². The molecule has 1 aromatic heterocycles. The molecule has 0 aliphatic heterocycles. The summed E-state index contributed by atoms with van der Waals surface area (Å²) >= 11 is 0. The first-order valence-electron chi connectivity index (χ1n) is 7.51. The first-order chi connectivity index (χ1) is 10.1. The number of aromatic hydroxyl groups is 1. The molecule has 1 heterocycles. The lowest BCUT2D eigenvalue weighted by atomic mass is 10.1. The Balaban J connectivity index is 2.44. The topological polar surface area (TPSA) is 47.3 Å². The van der Waals surface area contributed by atoms with Crippen LogP contribution < -0.4 is 4.74 Å². The van der Waals surface area contributed by atoms with E-state index in [0.717, 1.165) is 42.1 Å². The van der Waals surface area contributed by atoms with Crippen LogP contribution in [0.15, 0.2) is 24.3 Å². The number of hydrogen-bond acceptors (Lipinski definition) is 3. The molecule has 0 aliphatic carbocycles. The first kappa shape index (κ1) is 15.4. The second-order valence-corrected chi connectivity index (χ2v) is 5.70. The van der Waals surface area contributed by atoms with E-state index in [1.54, 1.807) is 7.11 Å². The summed E-state index contributed by atoms with van der Waals surface area (Å²) in [5, 5.41) is 15.1. The van der Waals surface area contributed by atoms with Gasteiger partial charge in [0.05, 0.1) is 18.5 Å². The quantitative estimate of drug-likeness (QED) is 0.881. The highest BCUT2D eigenvalue weighted by atomic mass is 16.5. The van der Waals surface area contributed by atoms with Gasteiger partial charge in [0.1, 0.15) is 11.4 Å². The molecule has 0 saturated carbocycles. The molecule has 0 fully saturated rings. The fourth-order valence-electron chi connectivity index (χ4n) is 2.42. The number of methoxy groups -OCH3 is 1. The summed E-state index contributed by atoms with van der Waals surface area (Å²) in [5.41, 5.74) is 2.62. The molecule has 2 aromatic rings. The standard InChI is InChI=1S/C17H24N2O2/c1-5-6-16-17(20)15(11-12(2)3)18-19(16)13-7-9-14(21-4)10-8-13/h7-10,12,20H,5-6,11H2,1-4H3. The van der Waals surface area contributed by atoms with E-state index in [1.807, 2.05) is 28.9 Å². The molecule has 0 aliphatic rings. The molecular weight excluding hydrogens is 264 g/mol. The van der Waals surface area contributed by atoms with E-state index in [-0.39, 0.29) is 0 Å². The van der Waals surface area contributed by atoms with Crippen molar-refractivity contribution in [2.24, 2.45) is 5.92 Å². The van der Waals surface area contributed by atoms with E-state index in [9.17, 15) is 5.11 Å². The number of nitrogens with zero attached hydrogens (tertiary/aromatic N) is 2. The average molecular weight is 288 g/mol. The molecule has 0 spiro atoms. The number of hydrogen-bond donors (Lipinski definition) is 1. The molecule has 0 amide bonds. The highest BCUT2D eigenvalue weighted by molar-refractivity contribution is 5.43. The molecule has 0 saturated heterocycles. The lowest BCUT2D eigenvalue weighted by Gasteiger charge is -2.07. The number of rotatable bonds is 6. The van der Waals surface area contributed by atoms with Crippen molar-refractivity contribution in [2.75, 3.05) is 7.11 Å². The summed E-state index contributed by atoms with van der Waals surface area (Å²) in [7, 11) is 1.65. The zero-order valence-corrected chi connectivity index (χ0v) is 13.3. The van der Waals surface area contributed by atoms with E-state index in [1.165, 1.54) is 0 Å². The second-order valence-electron chi connectivity index (χ2n) is 5.70. The first-order valence-corrected chi connectivity index (χ1v) is 7.51. The summed E-state index contributed by atoms with van der Waals surface area (Å²) in [4.78, 5) is 0. The van der Waals surface area contributed by atoms with Gasteiger partial charge in [-0.3, -0.25) is 0 Å². The molecule has 1 N–H and O–H groups in total. The summed E-state index contributed by atoms with van der Waals surface area (Å²) in [6.45, 7) is 6.36. The van der Waals surface area contributed by atoms with E-state index in [2.05, 4.69) is 25.9 Å². The molecule has 0 unspecified atom stereocenters. The lowest BCUT2D eigenvalue weighted by Crippen LogP contribution is -2.03. The maximum atomic E-state index is 10.4. The van der Waals surface area contributed by atoms with Crippen molar-refractivity contribution in [1.29, 1.82) is 0 Å². The van der Waals surface area contributed by atoms with Crippen molar-refractivity contribution in [3.8, 4) is 17.2 Å². The largest absolute Gasteiger partial charge is 0.504 e. The molecule has 0 bridgehead atoms. The summed E-state index contributed by atoms with van der Waals surface area (Å²) in [5.74, 6) is 1.63. The van der Waals surface area contributed by atoms with Gasteiger partial charge in [-0.05, 0) is 43.0 Å². The van der Waals surface area contributed by atoms with E-state index < -0.39 is 0 Å². The Morgan fingerprint density at radius 3 is 2.43 bits per heavy atom. The zero-order valence-electron chi connectivity index (χ0n) is 13.3. The minimum absolute atomic E-state index is 0.348.